The lowest BCUT2D eigenvalue weighted by Crippen LogP contribution is -2.63. The predicted molar refractivity (Wildman–Crippen MR) is 237 cm³/mol. The first-order valence-electron chi connectivity index (χ1n) is 21.4. The van der Waals surface area contributed by atoms with Crippen LogP contribution in [0, 0.1) is 17.8 Å². The zero-order chi connectivity index (χ0) is 50.5. The summed E-state index contributed by atoms with van der Waals surface area (Å²) in [6, 6.07) is -14.5. The molecule has 5 N–H and O–H groups in total. The number of carbonyl (C=O) groups is 11. The summed E-state index contributed by atoms with van der Waals surface area (Å²) in [4.78, 5) is 155. The van der Waals surface area contributed by atoms with Crippen LogP contribution in [0.15, 0.2) is 12.2 Å². The Hall–Kier alpha value is -6.13. The van der Waals surface area contributed by atoms with Gasteiger partial charge in [-0.3, -0.25) is 44.3 Å². The first kappa shape index (κ1) is 56.9. The maximum atomic E-state index is 14.5. The molecule has 0 aromatic rings. The zero-order valence-electron chi connectivity index (χ0n) is 40.6. The van der Waals surface area contributed by atoms with Crippen molar-refractivity contribution in [1.82, 2.24) is 55.6 Å². The smallest absolute Gasteiger partial charge is 0.334 e. The highest BCUT2D eigenvalue weighted by atomic mass is 16.3. The van der Waals surface area contributed by atoms with E-state index in [2.05, 4.69) is 10.6 Å². The molecule has 0 unspecified atom stereocenters. The molecule has 16 amide bonds. The topological polar surface area (TPSA) is 279 Å². The van der Waals surface area contributed by atoms with Crippen molar-refractivity contribution in [3.05, 3.63) is 12.2 Å². The Balaban J connectivity index is 3.97. The maximum Gasteiger partial charge on any atom is 0.334 e. The summed E-state index contributed by atoms with van der Waals surface area (Å²) in [5.41, 5.74) is 0. The quantitative estimate of drug-likeness (QED) is 0.213. The van der Waals surface area contributed by atoms with Gasteiger partial charge in [0, 0.05) is 49.3 Å². The van der Waals surface area contributed by atoms with Gasteiger partial charge in [0.1, 0.15) is 36.3 Å². The lowest BCUT2D eigenvalue weighted by atomic mass is 9.91. The molecule has 0 aromatic carbocycles. The number of urea groups is 5. The summed E-state index contributed by atoms with van der Waals surface area (Å²) >= 11 is 0. The second kappa shape index (κ2) is 24.8. The van der Waals surface area contributed by atoms with E-state index in [9.17, 15) is 57.8 Å². The molecule has 1 saturated heterocycles. The molecular formula is C42H71N11O12. The molecule has 1 aliphatic heterocycles. The van der Waals surface area contributed by atoms with Crippen molar-refractivity contribution in [3.63, 3.8) is 0 Å². The molecule has 23 nitrogen and oxygen atoms in total. The molecule has 0 spiro atoms. The van der Waals surface area contributed by atoms with Crippen LogP contribution in [0.4, 0.5) is 24.0 Å². The van der Waals surface area contributed by atoms with E-state index in [1.54, 1.807) is 60.6 Å². The van der Waals surface area contributed by atoms with Crippen LogP contribution in [0.1, 0.15) is 81.6 Å². The number of amides is 16. The van der Waals surface area contributed by atoms with Crippen LogP contribution in [0.5, 0.6) is 0 Å². The number of hydrogen-bond acceptors (Lipinski definition) is 12. The number of likely N-dealkylation sites (N-methyl/N-ethyl adjacent to an activating group) is 5. The fourth-order valence-electron chi connectivity index (χ4n) is 7.03. The van der Waals surface area contributed by atoms with Gasteiger partial charge in [0.15, 0.2) is 0 Å². The minimum Gasteiger partial charge on any atom is -0.390 e. The number of aliphatic hydroxyl groups excluding tert-OH is 1. The number of aliphatic hydroxyl groups is 1. The van der Waals surface area contributed by atoms with Gasteiger partial charge in [-0.1, -0.05) is 53.7 Å². The van der Waals surface area contributed by atoms with Crippen molar-refractivity contribution in [2.75, 3.05) is 49.3 Å². The Labute approximate surface area is 381 Å². The highest BCUT2D eigenvalue weighted by Gasteiger charge is 2.44. The highest BCUT2D eigenvalue weighted by molar-refractivity contribution is 6.08. The van der Waals surface area contributed by atoms with E-state index < -0.39 is 120 Å². The van der Waals surface area contributed by atoms with Gasteiger partial charge in [0.2, 0.25) is 23.6 Å². The van der Waals surface area contributed by atoms with E-state index in [1.807, 2.05) is 10.6 Å². The van der Waals surface area contributed by atoms with Crippen molar-refractivity contribution in [2.45, 2.75) is 124 Å². The third-order valence-electron chi connectivity index (χ3n) is 11.4. The molecule has 0 bridgehead atoms. The first-order valence-corrected chi connectivity index (χ1v) is 21.4. The van der Waals surface area contributed by atoms with Gasteiger partial charge in [0.05, 0.1) is 6.10 Å². The van der Waals surface area contributed by atoms with Crippen molar-refractivity contribution in [1.29, 1.82) is 0 Å². The molecule has 1 rings (SSSR count). The molecule has 65 heavy (non-hydrogen) atoms. The van der Waals surface area contributed by atoms with Crippen molar-refractivity contribution in [3.8, 4) is 0 Å². The van der Waals surface area contributed by atoms with Crippen LogP contribution in [0.2, 0.25) is 0 Å². The fourth-order valence-corrected chi connectivity index (χ4v) is 7.03. The molecule has 0 saturated carbocycles. The minimum absolute atomic E-state index is 0.00847. The normalized spacial score (nSPS) is 25.6. The number of imide groups is 5. The molecule has 23 heteroatoms. The molecule has 1 aliphatic rings. The number of allylic oxidation sites excluding steroid dienone is 2. The number of nitrogens with one attached hydrogen (secondary N) is 4. The van der Waals surface area contributed by atoms with Gasteiger partial charge < -0.3 is 35.3 Å². The van der Waals surface area contributed by atoms with Crippen LogP contribution < -0.4 is 21.3 Å². The Morgan fingerprint density at radius 3 is 1.68 bits per heavy atom. The average Bonchev–Trinajstić information content (AvgIpc) is 3.25. The average molecular weight is 922 g/mol. The summed E-state index contributed by atoms with van der Waals surface area (Å²) in [6.07, 6.45) is 2.29. The molecular weight excluding hydrogens is 851 g/mol. The van der Waals surface area contributed by atoms with Gasteiger partial charge in [-0.2, -0.15) is 0 Å². The second-order valence-electron chi connectivity index (χ2n) is 17.2. The number of nitrogens with zero attached hydrogens (tertiary/aromatic N) is 7. The maximum absolute atomic E-state index is 14.5. The number of carbonyl (C=O) groups excluding carboxylic acids is 11. The van der Waals surface area contributed by atoms with Crippen molar-refractivity contribution >= 4 is 65.6 Å². The highest BCUT2D eigenvalue weighted by Crippen LogP contribution is 2.22. The van der Waals surface area contributed by atoms with Gasteiger partial charge in [-0.25, -0.2) is 33.8 Å². The van der Waals surface area contributed by atoms with Crippen molar-refractivity contribution < 1.29 is 57.8 Å². The summed E-state index contributed by atoms with van der Waals surface area (Å²) in [5.74, 6) is -6.76. The summed E-state index contributed by atoms with van der Waals surface area (Å²) < 4.78 is 0. The van der Waals surface area contributed by atoms with E-state index in [0.29, 0.717) is 14.7 Å². The zero-order valence-corrected chi connectivity index (χ0v) is 40.6. The third kappa shape index (κ3) is 14.4. The van der Waals surface area contributed by atoms with E-state index in [-0.39, 0.29) is 25.2 Å². The van der Waals surface area contributed by atoms with E-state index >= 15 is 0 Å². The molecule has 1 heterocycles. The monoisotopic (exact) mass is 922 g/mol. The molecule has 0 aromatic heterocycles. The van der Waals surface area contributed by atoms with Gasteiger partial charge in [-0.05, 0) is 57.8 Å². The minimum atomic E-state index is -1.64. The Kier molecular flexibility index (Phi) is 21.7. The second-order valence-corrected chi connectivity index (χ2v) is 17.2. The van der Waals surface area contributed by atoms with Gasteiger partial charge >= 0.3 is 30.2 Å². The lowest BCUT2D eigenvalue weighted by Gasteiger charge is -2.40. The summed E-state index contributed by atoms with van der Waals surface area (Å²) in [6.45, 7) is 14.3. The van der Waals surface area contributed by atoms with Crippen LogP contribution in [0.3, 0.4) is 0 Å². The predicted octanol–water partition coefficient (Wildman–Crippen LogP) is 0.967. The van der Waals surface area contributed by atoms with Crippen LogP contribution in [-0.4, -0.2) is 197 Å². The van der Waals surface area contributed by atoms with E-state index in [1.165, 1.54) is 42.0 Å². The van der Waals surface area contributed by atoms with E-state index in [4.69, 9.17) is 0 Å². The number of rotatable bonds is 8. The van der Waals surface area contributed by atoms with Gasteiger partial charge in [-0.15, -0.1) is 0 Å². The fraction of sp³-hybridized carbons (Fsp3) is 0.690. The summed E-state index contributed by atoms with van der Waals surface area (Å²) in [7, 11) is 8.10. The van der Waals surface area contributed by atoms with Crippen molar-refractivity contribution in [2.24, 2.45) is 17.8 Å². The van der Waals surface area contributed by atoms with Gasteiger partial charge in [0.25, 0.3) is 11.8 Å². The lowest BCUT2D eigenvalue weighted by molar-refractivity contribution is -0.151. The largest absolute Gasteiger partial charge is 0.390 e. The SMILES string of the molecule is C/C=C/C[C@@H](C)[C@@H](O)[C@H]1C(=O)N[C@@H](CC)C(=O)N(C)[C@H](C)C(=O)N(C)[C@@H](CC(C)C)C(=O)NC(=O)N(C)C(=O)NC(=O)N[C@H](C)C(=O)N(C)C(=O)N(C)C(=O)N(C)[C@@H](C(C)C)C(=O)N1C. The first-order chi connectivity index (χ1) is 30.0. The standard InChI is InChI=1S/C42H71N11O12/c1-17-19-20-24(7)31(54)30-33(56)44-27(18-2)36(59)47(10)26(9)35(58)48(11)28(21-22(3)4)32(55)45-39(62)52(15)40(63)46-38(61)43-25(8)34(57)51(14)42(65)53(16)41(64)50(13)29(23(5)6)37(60)49(30)12/h17,19,22-31,54H,18,20-21H2,1-16H3,(H,44,56)(H,45,55,62)(H2,43,46,61,63)/b19-17+/t24-,25-,26-,27+,28+,29+,30+,31-/m1/s1. The molecule has 0 aliphatic carbocycles. The Bertz CT molecular complexity index is 1840. The molecule has 0 radical (unpaired) electrons. The van der Waals surface area contributed by atoms with Crippen LogP contribution in [-0.2, 0) is 28.8 Å². The Morgan fingerprint density at radius 2 is 1.17 bits per heavy atom. The number of hydrogen-bond donors (Lipinski definition) is 5. The van der Waals surface area contributed by atoms with Crippen LogP contribution in [0.25, 0.3) is 0 Å². The molecule has 8 atom stereocenters. The molecule has 366 valence electrons. The van der Waals surface area contributed by atoms with Crippen LogP contribution >= 0.6 is 0 Å². The summed E-state index contributed by atoms with van der Waals surface area (Å²) in [5, 5.41) is 20.4. The van der Waals surface area contributed by atoms with E-state index in [0.717, 1.165) is 40.7 Å². The third-order valence-corrected chi connectivity index (χ3v) is 11.4. The Morgan fingerprint density at radius 1 is 0.615 bits per heavy atom. The molecule has 1 fully saturated rings.